The molecule has 0 aliphatic heterocycles. The number of amides is 1. The number of halogens is 2. The Hall–Kier alpha value is -1.39. The van der Waals surface area contributed by atoms with Gasteiger partial charge in [0.25, 0.3) is 0 Å². The Balaban J connectivity index is 2.71. The lowest BCUT2D eigenvalue weighted by Crippen LogP contribution is -2.47. The monoisotopic (exact) mass is 285 g/mol. The summed E-state index contributed by atoms with van der Waals surface area (Å²) in [7, 11) is 0. The molecular formula is C14H17ClFNO2. The highest BCUT2D eigenvalue weighted by Gasteiger charge is 2.21. The van der Waals surface area contributed by atoms with E-state index >= 15 is 0 Å². The topological polar surface area (TPSA) is 49.3 Å². The van der Waals surface area contributed by atoms with E-state index in [1.807, 2.05) is 6.92 Å². The van der Waals surface area contributed by atoms with Crippen LogP contribution in [0.1, 0.15) is 25.8 Å². The van der Waals surface area contributed by atoms with Crippen LogP contribution in [0.25, 0.3) is 6.08 Å². The number of nitrogens with one attached hydrogen (secondary N) is 1. The number of hydrogen-bond acceptors (Lipinski definition) is 2. The first-order valence-electron chi connectivity index (χ1n) is 5.96. The first-order chi connectivity index (χ1) is 8.90. The van der Waals surface area contributed by atoms with Gasteiger partial charge in [0, 0.05) is 6.08 Å². The quantitative estimate of drug-likeness (QED) is 0.817. The second-order valence-electron chi connectivity index (χ2n) is 4.57. The molecule has 1 atom stereocenters. The van der Waals surface area contributed by atoms with Crippen LogP contribution >= 0.6 is 11.6 Å². The molecule has 1 aromatic carbocycles. The molecule has 0 fully saturated rings. The number of hydrogen-bond donors (Lipinski definition) is 2. The zero-order valence-corrected chi connectivity index (χ0v) is 11.7. The molecule has 0 heterocycles. The number of benzene rings is 1. The average molecular weight is 286 g/mol. The third-order valence-electron chi connectivity index (χ3n) is 2.93. The molecule has 0 aliphatic carbocycles. The summed E-state index contributed by atoms with van der Waals surface area (Å²) in [5, 5.41) is 11.9. The summed E-state index contributed by atoms with van der Waals surface area (Å²) in [6, 6.07) is 4.20. The molecular weight excluding hydrogens is 269 g/mol. The Morgan fingerprint density at radius 2 is 2.26 bits per heavy atom. The molecule has 19 heavy (non-hydrogen) atoms. The summed E-state index contributed by atoms with van der Waals surface area (Å²) in [5.41, 5.74) is -0.00857. The fraction of sp³-hybridized carbons (Fsp3) is 0.357. The van der Waals surface area contributed by atoms with E-state index in [0.717, 1.165) is 0 Å². The van der Waals surface area contributed by atoms with Crippen LogP contribution in [-0.4, -0.2) is 23.2 Å². The molecule has 0 saturated heterocycles. The van der Waals surface area contributed by atoms with Gasteiger partial charge in [0.1, 0.15) is 5.82 Å². The van der Waals surface area contributed by atoms with Crippen molar-refractivity contribution in [3.8, 4) is 0 Å². The molecule has 0 spiro atoms. The fourth-order valence-electron chi connectivity index (χ4n) is 1.37. The van der Waals surface area contributed by atoms with Gasteiger partial charge >= 0.3 is 0 Å². The SMILES string of the molecule is CCC(C)(CO)NC(=O)C=Cc1ccc(F)c(Cl)c1. The molecule has 0 aromatic heterocycles. The summed E-state index contributed by atoms with van der Waals surface area (Å²) in [6.07, 6.45) is 3.48. The first kappa shape index (κ1) is 15.7. The van der Waals surface area contributed by atoms with Crippen molar-refractivity contribution >= 4 is 23.6 Å². The lowest BCUT2D eigenvalue weighted by molar-refractivity contribution is -0.118. The third kappa shape index (κ3) is 4.65. The van der Waals surface area contributed by atoms with Gasteiger partial charge in [-0.15, -0.1) is 0 Å². The number of aliphatic hydroxyl groups excluding tert-OH is 1. The van der Waals surface area contributed by atoms with Gasteiger partial charge in [-0.25, -0.2) is 4.39 Å². The number of aliphatic hydroxyl groups is 1. The molecule has 3 nitrogen and oxygen atoms in total. The largest absolute Gasteiger partial charge is 0.394 e. The van der Waals surface area contributed by atoms with Crippen molar-refractivity contribution < 1.29 is 14.3 Å². The van der Waals surface area contributed by atoms with Crippen LogP contribution in [0.4, 0.5) is 4.39 Å². The van der Waals surface area contributed by atoms with Gasteiger partial charge in [0.05, 0.1) is 17.2 Å². The van der Waals surface area contributed by atoms with E-state index in [1.54, 1.807) is 6.92 Å². The van der Waals surface area contributed by atoms with E-state index in [0.29, 0.717) is 12.0 Å². The van der Waals surface area contributed by atoms with Crippen molar-refractivity contribution in [3.63, 3.8) is 0 Å². The lowest BCUT2D eigenvalue weighted by Gasteiger charge is -2.26. The molecule has 1 aromatic rings. The smallest absolute Gasteiger partial charge is 0.244 e. The van der Waals surface area contributed by atoms with Gasteiger partial charge in [0.15, 0.2) is 0 Å². The molecule has 1 amide bonds. The van der Waals surface area contributed by atoms with Gasteiger partial charge in [0.2, 0.25) is 5.91 Å². The number of carbonyl (C=O) groups is 1. The maximum Gasteiger partial charge on any atom is 0.244 e. The lowest BCUT2D eigenvalue weighted by atomic mass is 10.0. The van der Waals surface area contributed by atoms with Crippen LogP contribution in [0.3, 0.4) is 0 Å². The summed E-state index contributed by atoms with van der Waals surface area (Å²) in [4.78, 5) is 11.7. The van der Waals surface area contributed by atoms with E-state index in [2.05, 4.69) is 5.32 Å². The molecule has 0 saturated carbocycles. The first-order valence-corrected chi connectivity index (χ1v) is 6.34. The number of rotatable bonds is 5. The minimum atomic E-state index is -0.637. The molecule has 0 aliphatic rings. The molecule has 0 radical (unpaired) electrons. The Bertz CT molecular complexity index is 484. The van der Waals surface area contributed by atoms with Crippen molar-refractivity contribution in [2.24, 2.45) is 0 Å². The Labute approximate surface area is 117 Å². The highest BCUT2D eigenvalue weighted by molar-refractivity contribution is 6.30. The normalized spacial score (nSPS) is 14.4. The van der Waals surface area contributed by atoms with Crippen molar-refractivity contribution in [2.75, 3.05) is 6.61 Å². The Kier molecular flexibility index (Phi) is 5.51. The second-order valence-corrected chi connectivity index (χ2v) is 4.98. The molecule has 2 N–H and O–H groups in total. The van der Waals surface area contributed by atoms with Crippen LogP contribution in [-0.2, 0) is 4.79 Å². The highest BCUT2D eigenvalue weighted by Crippen LogP contribution is 2.17. The van der Waals surface area contributed by atoms with Gasteiger partial charge in [-0.3, -0.25) is 4.79 Å². The van der Waals surface area contributed by atoms with E-state index < -0.39 is 11.4 Å². The van der Waals surface area contributed by atoms with Crippen molar-refractivity contribution in [1.29, 1.82) is 0 Å². The van der Waals surface area contributed by atoms with Crippen LogP contribution in [0.5, 0.6) is 0 Å². The van der Waals surface area contributed by atoms with Crippen molar-refractivity contribution in [3.05, 3.63) is 40.7 Å². The van der Waals surface area contributed by atoms with Crippen LogP contribution in [0, 0.1) is 5.82 Å². The second kappa shape index (κ2) is 6.68. The molecule has 1 unspecified atom stereocenters. The van der Waals surface area contributed by atoms with Crippen LogP contribution in [0.2, 0.25) is 5.02 Å². The van der Waals surface area contributed by atoms with Gasteiger partial charge in [-0.1, -0.05) is 24.6 Å². The Morgan fingerprint density at radius 3 is 2.79 bits per heavy atom. The molecule has 0 bridgehead atoms. The van der Waals surface area contributed by atoms with E-state index in [1.165, 1.54) is 30.4 Å². The molecule has 1 rings (SSSR count). The fourth-order valence-corrected chi connectivity index (χ4v) is 1.56. The van der Waals surface area contributed by atoms with Gasteiger partial charge in [-0.05, 0) is 37.1 Å². The zero-order valence-electron chi connectivity index (χ0n) is 10.9. The average Bonchev–Trinajstić information content (AvgIpc) is 2.40. The van der Waals surface area contributed by atoms with E-state index in [9.17, 15) is 14.3 Å². The minimum absolute atomic E-state index is 0.0105. The van der Waals surface area contributed by atoms with Gasteiger partial charge in [-0.2, -0.15) is 0 Å². The summed E-state index contributed by atoms with van der Waals surface area (Å²) >= 11 is 5.64. The predicted octanol–water partition coefficient (Wildman–Crippen LogP) is 2.77. The van der Waals surface area contributed by atoms with E-state index in [-0.39, 0.29) is 17.5 Å². The van der Waals surface area contributed by atoms with E-state index in [4.69, 9.17) is 11.6 Å². The summed E-state index contributed by atoms with van der Waals surface area (Å²) in [6.45, 7) is 3.50. The third-order valence-corrected chi connectivity index (χ3v) is 3.21. The minimum Gasteiger partial charge on any atom is -0.394 e. The zero-order chi connectivity index (χ0) is 14.5. The summed E-state index contributed by atoms with van der Waals surface area (Å²) < 4.78 is 12.9. The molecule has 104 valence electrons. The molecule has 5 heteroatoms. The van der Waals surface area contributed by atoms with Crippen molar-refractivity contribution in [2.45, 2.75) is 25.8 Å². The Morgan fingerprint density at radius 1 is 1.58 bits per heavy atom. The maximum atomic E-state index is 12.9. The van der Waals surface area contributed by atoms with Crippen LogP contribution < -0.4 is 5.32 Å². The van der Waals surface area contributed by atoms with Crippen molar-refractivity contribution in [1.82, 2.24) is 5.32 Å². The van der Waals surface area contributed by atoms with Gasteiger partial charge < -0.3 is 10.4 Å². The standard InChI is InChI=1S/C14H17ClFNO2/c1-3-14(2,9-18)17-13(19)7-5-10-4-6-12(16)11(15)8-10/h4-8,18H,3,9H2,1-2H3,(H,17,19). The highest BCUT2D eigenvalue weighted by atomic mass is 35.5. The predicted molar refractivity (Wildman–Crippen MR) is 74.4 cm³/mol. The number of carbonyl (C=O) groups excluding carboxylic acids is 1. The van der Waals surface area contributed by atoms with Crippen LogP contribution in [0.15, 0.2) is 24.3 Å². The summed E-state index contributed by atoms with van der Waals surface area (Å²) in [5.74, 6) is -0.819. The maximum absolute atomic E-state index is 12.9.